The Morgan fingerprint density at radius 2 is 1.97 bits per heavy atom. The highest BCUT2D eigenvalue weighted by molar-refractivity contribution is 8.00. The van der Waals surface area contributed by atoms with Gasteiger partial charge in [0.25, 0.3) is 0 Å². The van der Waals surface area contributed by atoms with Gasteiger partial charge in [0.1, 0.15) is 23.4 Å². The minimum atomic E-state index is -0.966. The molecule has 0 saturated heterocycles. The average molecular weight is 497 g/mol. The largest absolute Gasteiger partial charge is 0.325 e. The molecule has 0 aliphatic heterocycles. The Hall–Kier alpha value is -3.90. The highest BCUT2D eigenvalue weighted by Gasteiger charge is 2.23. The Morgan fingerprint density at radius 1 is 1.20 bits per heavy atom. The smallest absolute Gasteiger partial charge is 0.214 e. The van der Waals surface area contributed by atoms with Gasteiger partial charge in [-0.25, -0.2) is 13.8 Å². The molecule has 9 nitrogen and oxygen atoms in total. The quantitative estimate of drug-likeness (QED) is 0.0644. The summed E-state index contributed by atoms with van der Waals surface area (Å²) in [5, 5.41) is 14.0. The first-order valence-corrected chi connectivity index (χ1v) is 11.6. The lowest BCUT2D eigenvalue weighted by atomic mass is 10.0. The summed E-state index contributed by atoms with van der Waals surface area (Å²) in [5.74, 6) is 3.29. The summed E-state index contributed by atoms with van der Waals surface area (Å²) in [6.45, 7) is 1.95. The van der Waals surface area contributed by atoms with E-state index < -0.39 is 23.6 Å². The number of carbonyl (C=O) groups is 1. The lowest BCUT2D eigenvalue weighted by Gasteiger charge is -2.10. The first-order valence-electron chi connectivity index (χ1n) is 10.6. The SMILES string of the molecule is CCCSNc1c(F)ccc(C(=O)c2[nH]nc3ncc(-c4ccc(C(N)/N=N\N)cc4)cc23)c1F. The first kappa shape index (κ1) is 24.2. The van der Waals surface area contributed by atoms with E-state index in [9.17, 15) is 9.18 Å². The number of nitrogens with two attached hydrogens (primary N) is 2. The minimum absolute atomic E-state index is 0.0500. The van der Waals surface area contributed by atoms with Crippen molar-refractivity contribution in [2.24, 2.45) is 21.9 Å². The maximum absolute atomic E-state index is 15.1. The molecule has 0 saturated carbocycles. The number of rotatable bonds is 9. The number of H-pyrrole nitrogens is 1. The van der Waals surface area contributed by atoms with Crippen molar-refractivity contribution in [3.63, 3.8) is 0 Å². The highest BCUT2D eigenvalue weighted by Crippen LogP contribution is 2.29. The number of fused-ring (bicyclic) bond motifs is 1. The molecule has 12 heteroatoms. The average Bonchev–Trinajstić information content (AvgIpc) is 3.29. The van der Waals surface area contributed by atoms with E-state index in [0.717, 1.165) is 36.1 Å². The minimum Gasteiger partial charge on any atom is -0.325 e. The lowest BCUT2D eigenvalue weighted by Crippen LogP contribution is -2.08. The van der Waals surface area contributed by atoms with Gasteiger partial charge in [0.15, 0.2) is 11.5 Å². The molecule has 1 atom stereocenters. The zero-order chi connectivity index (χ0) is 24.9. The van der Waals surface area contributed by atoms with E-state index in [1.165, 1.54) is 0 Å². The van der Waals surface area contributed by atoms with Crippen LogP contribution >= 0.6 is 11.9 Å². The van der Waals surface area contributed by atoms with E-state index in [2.05, 4.69) is 30.2 Å². The third kappa shape index (κ3) is 4.98. The third-order valence-electron chi connectivity index (χ3n) is 5.23. The second-order valence-corrected chi connectivity index (χ2v) is 8.46. The summed E-state index contributed by atoms with van der Waals surface area (Å²) in [5.41, 5.74) is 7.78. The van der Waals surface area contributed by atoms with E-state index in [4.69, 9.17) is 11.6 Å². The third-order valence-corrected chi connectivity index (χ3v) is 6.19. The van der Waals surface area contributed by atoms with Gasteiger partial charge in [-0.3, -0.25) is 9.89 Å². The van der Waals surface area contributed by atoms with Gasteiger partial charge in [-0.2, -0.15) is 5.10 Å². The first-order chi connectivity index (χ1) is 16.9. The van der Waals surface area contributed by atoms with E-state index in [0.29, 0.717) is 27.9 Å². The number of hydrogen-bond donors (Lipinski definition) is 4. The Kier molecular flexibility index (Phi) is 7.32. The molecule has 0 amide bonds. The molecule has 4 rings (SSSR count). The second-order valence-electron chi connectivity index (χ2n) is 7.56. The van der Waals surface area contributed by atoms with Crippen LogP contribution in [0.1, 0.15) is 41.1 Å². The van der Waals surface area contributed by atoms with E-state index >= 15 is 4.39 Å². The molecular weight excluding hydrogens is 474 g/mol. The number of anilines is 1. The number of pyridine rings is 1. The van der Waals surface area contributed by atoms with Crippen LogP contribution in [-0.4, -0.2) is 26.7 Å². The molecule has 2 aromatic carbocycles. The Balaban J connectivity index is 1.68. The molecule has 0 bridgehead atoms. The molecule has 0 spiro atoms. The van der Waals surface area contributed by atoms with Crippen LogP contribution in [0.5, 0.6) is 0 Å². The van der Waals surface area contributed by atoms with Gasteiger partial charge in [0.05, 0.1) is 10.9 Å². The summed E-state index contributed by atoms with van der Waals surface area (Å²) in [4.78, 5) is 17.5. The van der Waals surface area contributed by atoms with Crippen LogP contribution in [0.3, 0.4) is 0 Å². The van der Waals surface area contributed by atoms with Crippen LogP contribution in [0.4, 0.5) is 14.5 Å². The van der Waals surface area contributed by atoms with Crippen molar-refractivity contribution in [3.05, 3.63) is 77.1 Å². The van der Waals surface area contributed by atoms with Crippen LogP contribution in [0.25, 0.3) is 22.2 Å². The highest BCUT2D eigenvalue weighted by atomic mass is 32.2. The van der Waals surface area contributed by atoms with Crippen molar-refractivity contribution in [1.29, 1.82) is 0 Å². The zero-order valence-corrected chi connectivity index (χ0v) is 19.4. The Morgan fingerprint density at radius 3 is 2.69 bits per heavy atom. The molecule has 0 fully saturated rings. The maximum atomic E-state index is 15.1. The molecule has 0 radical (unpaired) electrons. The molecule has 6 N–H and O–H groups in total. The molecule has 2 heterocycles. The number of benzene rings is 2. The van der Waals surface area contributed by atoms with Crippen molar-refractivity contribution in [2.75, 3.05) is 10.5 Å². The van der Waals surface area contributed by atoms with Gasteiger partial charge >= 0.3 is 0 Å². The number of carbonyl (C=O) groups excluding carboxylic acids is 1. The fourth-order valence-corrected chi connectivity index (χ4v) is 4.06. The summed E-state index contributed by atoms with van der Waals surface area (Å²) in [6, 6.07) is 11.1. The molecular formula is C23H22F2N8OS. The van der Waals surface area contributed by atoms with Gasteiger partial charge in [-0.1, -0.05) is 48.4 Å². The fourth-order valence-electron chi connectivity index (χ4n) is 3.42. The predicted octanol–water partition coefficient (Wildman–Crippen LogP) is 4.89. The topological polar surface area (TPSA) is 147 Å². The predicted molar refractivity (Wildman–Crippen MR) is 131 cm³/mol. The monoisotopic (exact) mass is 496 g/mol. The molecule has 35 heavy (non-hydrogen) atoms. The van der Waals surface area contributed by atoms with E-state index in [1.807, 2.05) is 19.1 Å². The number of aromatic nitrogens is 3. The maximum Gasteiger partial charge on any atom is 0.214 e. The summed E-state index contributed by atoms with van der Waals surface area (Å²) in [7, 11) is 0. The van der Waals surface area contributed by atoms with E-state index in [1.54, 1.807) is 24.4 Å². The van der Waals surface area contributed by atoms with Crippen LogP contribution in [0, 0.1) is 11.6 Å². The van der Waals surface area contributed by atoms with Gasteiger partial charge in [-0.15, -0.1) is 5.11 Å². The zero-order valence-electron chi connectivity index (χ0n) is 18.6. The number of hydrogen-bond acceptors (Lipinski definition) is 8. The standard InChI is InChI=1S/C23H22F2N8OS/c1-2-9-35-32-20-17(24)8-7-15(18(20)25)21(34)19-16-10-14(11-28-23(16)31-29-19)12-3-5-13(6-4-12)22(26)30-33-27/h3-8,10-11,22,32H,2,9,26H2,1H3,(H2,27,30)(H,28,29,31). The van der Waals surface area contributed by atoms with Gasteiger partial charge in [0, 0.05) is 17.5 Å². The molecule has 0 aliphatic rings. The second kappa shape index (κ2) is 10.6. The van der Waals surface area contributed by atoms with Gasteiger partial charge < -0.3 is 16.3 Å². The van der Waals surface area contributed by atoms with Crippen molar-refractivity contribution in [3.8, 4) is 11.1 Å². The number of halogens is 2. The number of nitrogens with zero attached hydrogens (tertiary/aromatic N) is 4. The number of ketones is 1. The Bertz CT molecular complexity index is 1390. The van der Waals surface area contributed by atoms with Crippen molar-refractivity contribution >= 4 is 34.5 Å². The van der Waals surface area contributed by atoms with Crippen LogP contribution in [0.15, 0.2) is 59.0 Å². The van der Waals surface area contributed by atoms with E-state index in [-0.39, 0.29) is 16.9 Å². The van der Waals surface area contributed by atoms with Gasteiger partial charge in [0.2, 0.25) is 5.78 Å². The van der Waals surface area contributed by atoms with Crippen LogP contribution < -0.4 is 16.3 Å². The Labute approximate surface area is 203 Å². The van der Waals surface area contributed by atoms with Gasteiger partial charge in [-0.05, 0) is 35.7 Å². The molecule has 4 aromatic rings. The van der Waals surface area contributed by atoms with Crippen molar-refractivity contribution in [1.82, 2.24) is 15.2 Å². The normalized spacial score (nSPS) is 12.3. The molecule has 0 aliphatic carbocycles. The number of aromatic amines is 1. The molecule has 1 unspecified atom stereocenters. The van der Waals surface area contributed by atoms with Crippen molar-refractivity contribution < 1.29 is 13.6 Å². The number of nitrogens with one attached hydrogen (secondary N) is 2. The molecule has 2 aromatic heterocycles. The van der Waals surface area contributed by atoms with Crippen LogP contribution in [0.2, 0.25) is 0 Å². The molecule has 180 valence electrons. The summed E-state index contributed by atoms with van der Waals surface area (Å²) in [6.07, 6.45) is 1.75. The summed E-state index contributed by atoms with van der Waals surface area (Å²) >= 11 is 1.16. The lowest BCUT2D eigenvalue weighted by molar-refractivity contribution is 0.103. The van der Waals surface area contributed by atoms with Crippen molar-refractivity contribution in [2.45, 2.75) is 19.5 Å². The summed E-state index contributed by atoms with van der Waals surface area (Å²) < 4.78 is 31.9. The fraction of sp³-hybridized carbons (Fsp3) is 0.174. The van der Waals surface area contributed by atoms with Crippen LogP contribution in [-0.2, 0) is 0 Å².